The molecule has 0 atom stereocenters. The Kier molecular flexibility index (Phi) is 3.99. The van der Waals surface area contributed by atoms with Crippen LogP contribution in [-0.4, -0.2) is 49.7 Å². The summed E-state index contributed by atoms with van der Waals surface area (Å²) in [5.74, 6) is 0. The maximum atomic E-state index is 3.45. The predicted octanol–water partition coefficient (Wildman–Crippen LogP) is 2.12. The first-order valence-corrected chi connectivity index (χ1v) is 7.95. The average Bonchev–Trinajstić information content (AvgIpc) is 2.48. The van der Waals surface area contributed by atoms with E-state index in [1.807, 2.05) is 0 Å². The van der Waals surface area contributed by atoms with Gasteiger partial charge in [0.1, 0.15) is 0 Å². The zero-order valence-electron chi connectivity index (χ0n) is 12.9. The molecule has 2 aliphatic rings. The third kappa shape index (κ3) is 2.84. The van der Waals surface area contributed by atoms with E-state index in [-0.39, 0.29) is 5.54 Å². The summed E-state index contributed by atoms with van der Waals surface area (Å²) in [5.41, 5.74) is 3.23. The fourth-order valence-electron chi connectivity index (χ4n) is 3.61. The molecular weight excluding hydrogens is 246 g/mol. The third-order valence-electron chi connectivity index (χ3n) is 4.76. The van der Waals surface area contributed by atoms with Crippen LogP contribution in [0, 0.1) is 0 Å². The summed E-state index contributed by atoms with van der Waals surface area (Å²) in [4.78, 5) is 5.24. The largest absolute Gasteiger partial charge is 0.369 e. The summed E-state index contributed by atoms with van der Waals surface area (Å²) in [6, 6.07) is 8.93. The molecule has 3 heteroatoms. The van der Waals surface area contributed by atoms with Crippen molar-refractivity contribution in [3.63, 3.8) is 0 Å². The summed E-state index contributed by atoms with van der Waals surface area (Å²) in [6.07, 6.45) is 2.52. The molecule has 1 aromatic rings. The fraction of sp³-hybridized carbons (Fsp3) is 0.647. The van der Waals surface area contributed by atoms with Gasteiger partial charge in [-0.25, -0.2) is 0 Å². The number of piperazine rings is 1. The zero-order chi connectivity index (χ0) is 14.0. The number of benzene rings is 1. The molecule has 110 valence electrons. The number of aryl methyl sites for hydroxylation is 1. The maximum absolute atomic E-state index is 3.45. The second kappa shape index (κ2) is 5.74. The topological polar surface area (TPSA) is 18.5 Å². The van der Waals surface area contributed by atoms with E-state index in [1.165, 1.54) is 43.7 Å². The highest BCUT2D eigenvalue weighted by Crippen LogP contribution is 2.29. The first-order chi connectivity index (χ1) is 9.67. The van der Waals surface area contributed by atoms with Crippen LogP contribution in [0.3, 0.4) is 0 Å². The Balaban J connectivity index is 1.74. The van der Waals surface area contributed by atoms with Crippen LogP contribution in [0.1, 0.15) is 25.8 Å². The highest BCUT2D eigenvalue weighted by Gasteiger charge is 2.31. The molecule has 0 radical (unpaired) electrons. The van der Waals surface area contributed by atoms with E-state index in [2.05, 4.69) is 53.2 Å². The average molecular weight is 273 g/mol. The number of nitrogens with one attached hydrogen (secondary N) is 1. The van der Waals surface area contributed by atoms with Crippen LogP contribution in [-0.2, 0) is 6.42 Å². The predicted molar refractivity (Wildman–Crippen MR) is 85.5 cm³/mol. The van der Waals surface area contributed by atoms with E-state index in [0.717, 1.165) is 19.6 Å². The Morgan fingerprint density at radius 3 is 2.65 bits per heavy atom. The molecule has 20 heavy (non-hydrogen) atoms. The Labute approximate surface area is 123 Å². The number of anilines is 1. The molecule has 1 N–H and O–H groups in total. The van der Waals surface area contributed by atoms with E-state index in [0.29, 0.717) is 0 Å². The molecule has 0 spiro atoms. The molecule has 0 aliphatic carbocycles. The minimum Gasteiger partial charge on any atom is -0.369 e. The first-order valence-electron chi connectivity index (χ1n) is 7.95. The van der Waals surface area contributed by atoms with Crippen LogP contribution in [0.4, 0.5) is 5.69 Å². The molecule has 2 heterocycles. The van der Waals surface area contributed by atoms with Gasteiger partial charge in [-0.3, -0.25) is 4.90 Å². The Hall–Kier alpha value is -1.06. The lowest BCUT2D eigenvalue weighted by Crippen LogP contribution is -2.58. The lowest BCUT2D eigenvalue weighted by molar-refractivity contribution is 0.108. The van der Waals surface area contributed by atoms with Crippen LogP contribution in [0.2, 0.25) is 0 Å². The van der Waals surface area contributed by atoms with Crippen molar-refractivity contribution in [3.05, 3.63) is 29.8 Å². The molecule has 3 nitrogen and oxygen atoms in total. The lowest BCUT2D eigenvalue weighted by atomic mass is 9.96. The number of hydrogen-bond acceptors (Lipinski definition) is 3. The molecule has 0 saturated carbocycles. The van der Waals surface area contributed by atoms with Crippen molar-refractivity contribution in [2.24, 2.45) is 0 Å². The van der Waals surface area contributed by atoms with Gasteiger partial charge >= 0.3 is 0 Å². The van der Waals surface area contributed by atoms with Crippen molar-refractivity contribution < 1.29 is 0 Å². The van der Waals surface area contributed by atoms with Crippen molar-refractivity contribution >= 4 is 5.69 Å². The number of para-hydroxylation sites is 1. The first kappa shape index (κ1) is 13.9. The Bertz CT molecular complexity index is 449. The van der Waals surface area contributed by atoms with Gasteiger partial charge in [0.15, 0.2) is 0 Å². The molecule has 1 saturated heterocycles. The summed E-state index contributed by atoms with van der Waals surface area (Å²) < 4.78 is 0. The van der Waals surface area contributed by atoms with Gasteiger partial charge in [-0.2, -0.15) is 0 Å². The Morgan fingerprint density at radius 2 is 1.85 bits per heavy atom. The molecule has 2 aliphatic heterocycles. The zero-order valence-corrected chi connectivity index (χ0v) is 12.9. The van der Waals surface area contributed by atoms with E-state index in [1.54, 1.807) is 0 Å². The summed E-state index contributed by atoms with van der Waals surface area (Å²) in [6.45, 7) is 11.7. The van der Waals surface area contributed by atoms with Crippen molar-refractivity contribution in [1.82, 2.24) is 10.2 Å². The van der Waals surface area contributed by atoms with Crippen molar-refractivity contribution in [1.29, 1.82) is 0 Å². The van der Waals surface area contributed by atoms with Gasteiger partial charge in [-0.05, 0) is 38.3 Å². The van der Waals surface area contributed by atoms with Crippen molar-refractivity contribution in [2.75, 3.05) is 44.2 Å². The van der Waals surface area contributed by atoms with Crippen LogP contribution < -0.4 is 10.2 Å². The summed E-state index contributed by atoms with van der Waals surface area (Å²) in [7, 11) is 0. The van der Waals surface area contributed by atoms with Crippen molar-refractivity contribution in [2.45, 2.75) is 32.2 Å². The molecule has 0 bridgehead atoms. The van der Waals surface area contributed by atoms with Gasteiger partial charge in [0.2, 0.25) is 0 Å². The molecule has 0 aromatic heterocycles. The van der Waals surface area contributed by atoms with Crippen LogP contribution >= 0.6 is 0 Å². The molecular formula is C17H27N3. The quantitative estimate of drug-likeness (QED) is 0.910. The molecule has 1 fully saturated rings. The fourth-order valence-corrected chi connectivity index (χ4v) is 3.61. The summed E-state index contributed by atoms with van der Waals surface area (Å²) in [5, 5.41) is 3.45. The monoisotopic (exact) mass is 273 g/mol. The smallest absolute Gasteiger partial charge is 0.0399 e. The highest BCUT2D eigenvalue weighted by atomic mass is 15.3. The lowest BCUT2D eigenvalue weighted by Gasteiger charge is -2.45. The van der Waals surface area contributed by atoms with E-state index < -0.39 is 0 Å². The van der Waals surface area contributed by atoms with Gasteiger partial charge in [0.05, 0.1) is 0 Å². The number of fused-ring (bicyclic) bond motifs is 1. The minimum absolute atomic E-state index is 0.243. The van der Waals surface area contributed by atoms with Gasteiger partial charge in [0, 0.05) is 50.5 Å². The Morgan fingerprint density at radius 1 is 1.10 bits per heavy atom. The van der Waals surface area contributed by atoms with Crippen molar-refractivity contribution in [3.8, 4) is 0 Å². The third-order valence-corrected chi connectivity index (χ3v) is 4.76. The molecule has 3 rings (SSSR count). The normalized spacial score (nSPS) is 20.8. The van der Waals surface area contributed by atoms with E-state index >= 15 is 0 Å². The molecule has 1 aromatic carbocycles. The van der Waals surface area contributed by atoms with Crippen LogP contribution in [0.5, 0.6) is 0 Å². The molecule has 0 unspecified atom stereocenters. The van der Waals surface area contributed by atoms with Gasteiger partial charge in [-0.15, -0.1) is 0 Å². The maximum Gasteiger partial charge on any atom is 0.0399 e. The van der Waals surface area contributed by atoms with Gasteiger partial charge in [0.25, 0.3) is 0 Å². The second-order valence-corrected chi connectivity index (χ2v) is 6.70. The van der Waals surface area contributed by atoms with Crippen LogP contribution in [0.15, 0.2) is 24.3 Å². The molecule has 0 amide bonds. The number of hydrogen-bond donors (Lipinski definition) is 1. The number of rotatable bonds is 3. The van der Waals surface area contributed by atoms with E-state index in [9.17, 15) is 0 Å². The van der Waals surface area contributed by atoms with Crippen LogP contribution in [0.25, 0.3) is 0 Å². The standard InChI is InChI=1S/C17H27N3/c1-17(2,20-12-9-18-10-13-20)14-19-11-5-7-15-6-3-4-8-16(15)19/h3-4,6,8,18H,5,7,9-14H2,1-2H3. The van der Waals surface area contributed by atoms with Gasteiger partial charge in [-0.1, -0.05) is 18.2 Å². The highest BCUT2D eigenvalue weighted by molar-refractivity contribution is 5.55. The number of nitrogens with zero attached hydrogens (tertiary/aromatic N) is 2. The van der Waals surface area contributed by atoms with E-state index in [4.69, 9.17) is 0 Å². The summed E-state index contributed by atoms with van der Waals surface area (Å²) >= 11 is 0. The van der Waals surface area contributed by atoms with Gasteiger partial charge < -0.3 is 10.2 Å². The minimum atomic E-state index is 0.243. The second-order valence-electron chi connectivity index (χ2n) is 6.70. The SMILES string of the molecule is CC(C)(CN1CCCc2ccccc21)N1CCNCC1.